The quantitative estimate of drug-likeness (QED) is 0.615. The fourth-order valence-electron chi connectivity index (χ4n) is 1.52. The number of carbonyl (C=O) groups excluding carboxylic acids is 1. The van der Waals surface area contributed by atoms with Crippen LogP contribution in [0.2, 0.25) is 0 Å². The number of sulfonamides is 1. The molecule has 0 fully saturated rings. The molecule has 0 radical (unpaired) electrons. The number of carbonyl (C=O) groups is 1. The van der Waals surface area contributed by atoms with Crippen LogP contribution in [-0.2, 0) is 21.4 Å². The number of nitrogens with two attached hydrogens (primary N) is 2. The number of hydrogen-bond acceptors (Lipinski definition) is 4. The fourth-order valence-corrected chi connectivity index (χ4v) is 2.03. The van der Waals surface area contributed by atoms with E-state index in [1.165, 1.54) is 12.1 Å². The first kappa shape index (κ1) is 15.6. The molecule has 0 bridgehead atoms. The molecule has 1 aromatic carbocycles. The molecular weight excluding hydrogens is 266 g/mol. The van der Waals surface area contributed by atoms with Gasteiger partial charge in [0, 0.05) is 13.0 Å². The molecule has 0 aliphatic carbocycles. The molecule has 19 heavy (non-hydrogen) atoms. The maximum Gasteiger partial charge on any atom is 0.238 e. The van der Waals surface area contributed by atoms with Gasteiger partial charge in [-0.05, 0) is 37.1 Å². The van der Waals surface area contributed by atoms with Gasteiger partial charge in [-0.3, -0.25) is 4.79 Å². The molecule has 0 spiro atoms. The van der Waals surface area contributed by atoms with Gasteiger partial charge in [-0.25, -0.2) is 13.6 Å². The van der Waals surface area contributed by atoms with E-state index in [1.54, 1.807) is 12.1 Å². The van der Waals surface area contributed by atoms with Gasteiger partial charge in [0.05, 0.1) is 4.90 Å². The van der Waals surface area contributed by atoms with Gasteiger partial charge in [0.1, 0.15) is 0 Å². The highest BCUT2D eigenvalue weighted by molar-refractivity contribution is 7.89. The minimum Gasteiger partial charge on any atom is -0.352 e. The van der Waals surface area contributed by atoms with Crippen molar-refractivity contribution < 1.29 is 13.2 Å². The Hall–Kier alpha value is -1.44. The van der Waals surface area contributed by atoms with E-state index in [0.29, 0.717) is 19.5 Å². The number of unbranched alkanes of at least 4 members (excludes halogenated alkanes) is 1. The third-order valence-corrected chi connectivity index (χ3v) is 3.53. The summed E-state index contributed by atoms with van der Waals surface area (Å²) in [5.74, 6) is -0.0380. The highest BCUT2D eigenvalue weighted by atomic mass is 32.2. The molecule has 7 heteroatoms. The van der Waals surface area contributed by atoms with Gasteiger partial charge < -0.3 is 11.1 Å². The van der Waals surface area contributed by atoms with Gasteiger partial charge in [0.2, 0.25) is 15.9 Å². The van der Waals surface area contributed by atoms with E-state index in [1.807, 2.05) is 0 Å². The predicted molar refractivity (Wildman–Crippen MR) is 72.6 cm³/mol. The van der Waals surface area contributed by atoms with Gasteiger partial charge in [0.25, 0.3) is 0 Å². The standard InChI is InChI=1S/C12H19N3O3S/c13-8-2-1-3-12(16)15-9-10-4-6-11(7-5-10)19(14,17)18/h4-7H,1-3,8-9,13H2,(H,15,16)(H2,14,17,18). The second kappa shape index (κ2) is 7.22. The Labute approximate surface area is 113 Å². The molecule has 1 amide bonds. The lowest BCUT2D eigenvalue weighted by atomic mass is 10.2. The summed E-state index contributed by atoms with van der Waals surface area (Å²) < 4.78 is 22.1. The summed E-state index contributed by atoms with van der Waals surface area (Å²) in [5.41, 5.74) is 6.16. The van der Waals surface area contributed by atoms with Crippen LogP contribution < -0.4 is 16.2 Å². The molecule has 0 saturated heterocycles. The second-order valence-corrected chi connectivity index (χ2v) is 5.77. The van der Waals surface area contributed by atoms with E-state index < -0.39 is 10.0 Å². The molecule has 0 saturated carbocycles. The zero-order chi connectivity index (χ0) is 14.3. The Morgan fingerprint density at radius 3 is 2.32 bits per heavy atom. The topological polar surface area (TPSA) is 115 Å². The number of amides is 1. The monoisotopic (exact) mass is 285 g/mol. The molecule has 1 aromatic rings. The van der Waals surface area contributed by atoms with Crippen molar-refractivity contribution in [1.82, 2.24) is 5.32 Å². The largest absolute Gasteiger partial charge is 0.352 e. The van der Waals surface area contributed by atoms with E-state index in [2.05, 4.69) is 5.32 Å². The third kappa shape index (κ3) is 5.82. The van der Waals surface area contributed by atoms with Crippen LogP contribution in [0.5, 0.6) is 0 Å². The lowest BCUT2D eigenvalue weighted by molar-refractivity contribution is -0.121. The molecular formula is C12H19N3O3S. The van der Waals surface area contributed by atoms with Crippen molar-refractivity contribution in [2.45, 2.75) is 30.7 Å². The Morgan fingerprint density at radius 2 is 1.79 bits per heavy atom. The van der Waals surface area contributed by atoms with E-state index >= 15 is 0 Å². The second-order valence-electron chi connectivity index (χ2n) is 4.21. The van der Waals surface area contributed by atoms with Crippen molar-refractivity contribution in [3.8, 4) is 0 Å². The van der Waals surface area contributed by atoms with Crippen LogP contribution in [0.3, 0.4) is 0 Å². The first-order valence-corrected chi connectivity index (χ1v) is 7.56. The molecule has 0 unspecified atom stereocenters. The number of nitrogens with one attached hydrogen (secondary N) is 1. The van der Waals surface area contributed by atoms with Crippen molar-refractivity contribution in [3.05, 3.63) is 29.8 Å². The Bertz CT molecular complexity index is 512. The summed E-state index contributed by atoms with van der Waals surface area (Å²) >= 11 is 0. The van der Waals surface area contributed by atoms with Crippen molar-refractivity contribution >= 4 is 15.9 Å². The zero-order valence-corrected chi connectivity index (χ0v) is 11.4. The summed E-state index contributed by atoms with van der Waals surface area (Å²) in [5, 5.41) is 7.74. The smallest absolute Gasteiger partial charge is 0.238 e. The highest BCUT2D eigenvalue weighted by Gasteiger charge is 2.07. The van der Waals surface area contributed by atoms with Crippen molar-refractivity contribution in [2.24, 2.45) is 10.9 Å². The van der Waals surface area contributed by atoms with Gasteiger partial charge in [0.15, 0.2) is 0 Å². The SMILES string of the molecule is NCCCCC(=O)NCc1ccc(S(N)(=O)=O)cc1. The first-order chi connectivity index (χ1) is 8.93. The van der Waals surface area contributed by atoms with Crippen LogP contribution in [0.15, 0.2) is 29.2 Å². The molecule has 0 atom stereocenters. The van der Waals surface area contributed by atoms with Gasteiger partial charge in [-0.15, -0.1) is 0 Å². The number of rotatable bonds is 7. The minimum absolute atomic E-state index is 0.0380. The average Bonchev–Trinajstić information content (AvgIpc) is 2.36. The summed E-state index contributed by atoms with van der Waals surface area (Å²) in [6, 6.07) is 6.09. The van der Waals surface area contributed by atoms with Crippen LogP contribution >= 0.6 is 0 Å². The lowest BCUT2D eigenvalue weighted by Gasteiger charge is -2.06. The number of benzene rings is 1. The van der Waals surface area contributed by atoms with Gasteiger partial charge in [-0.2, -0.15) is 0 Å². The molecule has 0 heterocycles. The predicted octanol–water partition coefficient (Wildman–Crippen LogP) is 0.0792. The summed E-state index contributed by atoms with van der Waals surface area (Å²) in [4.78, 5) is 11.5. The first-order valence-electron chi connectivity index (χ1n) is 6.02. The molecule has 1 rings (SSSR count). The van der Waals surface area contributed by atoms with Gasteiger partial charge in [-0.1, -0.05) is 12.1 Å². The maximum atomic E-state index is 11.4. The Morgan fingerprint density at radius 1 is 1.16 bits per heavy atom. The molecule has 106 valence electrons. The molecule has 5 N–H and O–H groups in total. The highest BCUT2D eigenvalue weighted by Crippen LogP contribution is 2.08. The summed E-state index contributed by atoms with van der Waals surface area (Å²) in [7, 11) is -3.66. The van der Waals surface area contributed by atoms with Crippen molar-refractivity contribution in [3.63, 3.8) is 0 Å². The Balaban J connectivity index is 2.44. The zero-order valence-electron chi connectivity index (χ0n) is 10.6. The maximum absolute atomic E-state index is 11.4. The normalized spacial score (nSPS) is 11.3. The number of primary sulfonamides is 1. The van der Waals surface area contributed by atoms with Crippen LogP contribution in [0.1, 0.15) is 24.8 Å². The Kier molecular flexibility index (Phi) is 5.94. The van der Waals surface area contributed by atoms with Crippen LogP contribution in [0, 0.1) is 0 Å². The van der Waals surface area contributed by atoms with Crippen LogP contribution in [0.25, 0.3) is 0 Å². The van der Waals surface area contributed by atoms with Crippen molar-refractivity contribution in [1.29, 1.82) is 0 Å². The van der Waals surface area contributed by atoms with Gasteiger partial charge >= 0.3 is 0 Å². The van der Waals surface area contributed by atoms with E-state index in [-0.39, 0.29) is 10.8 Å². The molecule has 0 aliphatic rings. The van der Waals surface area contributed by atoms with Crippen molar-refractivity contribution in [2.75, 3.05) is 6.54 Å². The molecule has 0 aliphatic heterocycles. The van der Waals surface area contributed by atoms with Crippen LogP contribution in [0.4, 0.5) is 0 Å². The molecule has 6 nitrogen and oxygen atoms in total. The van der Waals surface area contributed by atoms with E-state index in [0.717, 1.165) is 18.4 Å². The van der Waals surface area contributed by atoms with Crippen LogP contribution in [-0.4, -0.2) is 20.9 Å². The minimum atomic E-state index is -3.66. The summed E-state index contributed by atoms with van der Waals surface area (Å²) in [6.45, 7) is 0.953. The van der Waals surface area contributed by atoms with E-state index in [9.17, 15) is 13.2 Å². The summed E-state index contributed by atoms with van der Waals surface area (Å²) in [6.07, 6.45) is 2.05. The third-order valence-electron chi connectivity index (χ3n) is 2.60. The molecule has 0 aromatic heterocycles. The average molecular weight is 285 g/mol. The fraction of sp³-hybridized carbons (Fsp3) is 0.417. The lowest BCUT2D eigenvalue weighted by Crippen LogP contribution is -2.22. The number of hydrogen-bond donors (Lipinski definition) is 3. The van der Waals surface area contributed by atoms with E-state index in [4.69, 9.17) is 10.9 Å².